The third-order valence-corrected chi connectivity index (χ3v) is 26.8. The Morgan fingerprint density at radius 2 is 0.351 bits per heavy atom. The molecule has 19 heteroatoms. The van der Waals surface area contributed by atoms with Crippen LogP contribution in [0.3, 0.4) is 0 Å². The van der Waals surface area contributed by atoms with Crippen LogP contribution in [0.25, 0.3) is 0 Å². The van der Waals surface area contributed by atoms with Gasteiger partial charge in [0.15, 0.2) is 0 Å². The van der Waals surface area contributed by atoms with E-state index >= 15 is 0 Å². The molecule has 1 rings (SSSR count). The number of carbonyl (C=O) groups is 8. The van der Waals surface area contributed by atoms with E-state index in [2.05, 4.69) is 107 Å². The second-order valence-corrected chi connectivity index (χ2v) is 39.9. The lowest BCUT2D eigenvalue weighted by Crippen LogP contribution is -2.33. The number of amides is 3. The fourth-order valence-electron chi connectivity index (χ4n) is 18.5. The molecule has 782 valence electrons. The zero-order valence-corrected chi connectivity index (χ0v) is 89.4. The summed E-state index contributed by atoms with van der Waals surface area (Å²) in [7, 11) is 0. The standard InChI is InChI=1S/C115H214N6O13/c1-12-23-29-30-31-32-33-39-50-61-88-119(89-62-51-40-34-45-56-80-108(122)130-103(70-18-7)75-24-13-2)94-67-85-116-113(127)100-97-101(114(128)117-86-68-95-120(90-63-52-41-35-46-57-81-109(123)131-104(71-19-8)76-25-14-3)91-64-53-42-36-47-58-82-110(124)132-105(72-20-9)77-26-15-4)99-102(98-100)115(129)118-87-69-96-121(92-65-54-43-37-48-59-83-111(125)133-106(73-21-10)78-27-16-5)93-66-55-44-38-49-60-84-112(126)134-107(74-22-11)79-28-17-6/h97-99,103-107H,12-96H2,1-11H3,(H,116,127)(H,117,128)(H,118,129). The predicted molar refractivity (Wildman–Crippen MR) is 562 cm³/mol. The van der Waals surface area contributed by atoms with Crippen molar-refractivity contribution < 1.29 is 62.0 Å². The molecule has 1 aromatic rings. The smallest absolute Gasteiger partial charge is 0.306 e. The van der Waals surface area contributed by atoms with Gasteiger partial charge in [-0.3, -0.25) is 38.4 Å². The van der Waals surface area contributed by atoms with E-state index in [4.69, 9.17) is 23.7 Å². The monoisotopic (exact) mass is 1890 g/mol. The number of hydrogen-bond acceptors (Lipinski definition) is 16. The van der Waals surface area contributed by atoms with Crippen LogP contribution in [0, 0.1) is 0 Å². The Morgan fingerprint density at radius 1 is 0.194 bits per heavy atom. The number of hydrogen-bond donors (Lipinski definition) is 3. The number of ether oxygens (including phenoxy) is 5. The van der Waals surface area contributed by atoms with Gasteiger partial charge in [0, 0.05) is 68.4 Å². The summed E-state index contributed by atoms with van der Waals surface area (Å²) >= 11 is 0. The van der Waals surface area contributed by atoms with Gasteiger partial charge in [0.1, 0.15) is 30.5 Å². The van der Waals surface area contributed by atoms with E-state index in [9.17, 15) is 38.4 Å². The van der Waals surface area contributed by atoms with Gasteiger partial charge in [0.05, 0.1) is 0 Å². The maximum atomic E-state index is 14.6. The van der Waals surface area contributed by atoms with Gasteiger partial charge in [-0.15, -0.1) is 0 Å². The molecule has 134 heavy (non-hydrogen) atoms. The molecule has 5 unspecified atom stereocenters. The maximum Gasteiger partial charge on any atom is 0.306 e. The van der Waals surface area contributed by atoms with Crippen LogP contribution in [0.2, 0.25) is 0 Å². The van der Waals surface area contributed by atoms with Crippen molar-refractivity contribution in [2.24, 2.45) is 0 Å². The van der Waals surface area contributed by atoms with Crippen molar-refractivity contribution in [2.75, 3.05) is 78.5 Å². The lowest BCUT2D eigenvalue weighted by molar-refractivity contribution is -0.151. The SMILES string of the molecule is CCCCCCCCCCCCN(CCCCCCCCC(=O)OC(CCC)CCCC)CCCNC(=O)c1cc(C(=O)NCCCN(CCCCCCCCC(=O)OC(CCC)CCCC)CCCCCCCCC(=O)OC(CCC)CCCC)cc(C(=O)NCCCN(CCCCCCCCC(=O)OC(CCC)CCCC)CCCCCCCCC(=O)OC(CCC)CCCC)c1. The van der Waals surface area contributed by atoms with E-state index in [1.54, 1.807) is 18.2 Å². The summed E-state index contributed by atoms with van der Waals surface area (Å²) in [6.07, 6.45) is 74.8. The normalized spacial score (nSPS) is 12.7. The Kier molecular flexibility index (Phi) is 89.1. The van der Waals surface area contributed by atoms with Gasteiger partial charge in [-0.2, -0.15) is 0 Å². The number of nitrogens with one attached hydrogen (secondary N) is 3. The molecule has 0 aliphatic heterocycles. The highest BCUT2D eigenvalue weighted by Gasteiger charge is 2.23. The lowest BCUT2D eigenvalue weighted by Gasteiger charge is -2.23. The van der Waals surface area contributed by atoms with Crippen molar-refractivity contribution in [3.63, 3.8) is 0 Å². The van der Waals surface area contributed by atoms with Crippen molar-refractivity contribution in [1.29, 1.82) is 0 Å². The summed E-state index contributed by atoms with van der Waals surface area (Å²) < 4.78 is 29.5. The molecule has 0 heterocycles. The van der Waals surface area contributed by atoms with Crippen LogP contribution in [-0.4, -0.2) is 171 Å². The first-order chi connectivity index (χ1) is 65.5. The van der Waals surface area contributed by atoms with Crippen LogP contribution in [0.4, 0.5) is 0 Å². The topological polar surface area (TPSA) is 229 Å². The largest absolute Gasteiger partial charge is 0.462 e. The van der Waals surface area contributed by atoms with Crippen LogP contribution in [-0.2, 0) is 47.7 Å². The lowest BCUT2D eigenvalue weighted by atomic mass is 10.0. The summed E-state index contributed by atoms with van der Waals surface area (Å²) in [4.78, 5) is 115. The van der Waals surface area contributed by atoms with Crippen LogP contribution >= 0.6 is 0 Å². The van der Waals surface area contributed by atoms with Gasteiger partial charge >= 0.3 is 29.8 Å². The van der Waals surface area contributed by atoms with Gasteiger partial charge in [-0.05, 0) is 231 Å². The average Bonchev–Trinajstić information content (AvgIpc) is 0.824. The Labute approximate surface area is 824 Å². The van der Waals surface area contributed by atoms with E-state index in [0.29, 0.717) is 51.7 Å². The summed E-state index contributed by atoms with van der Waals surface area (Å²) in [6, 6.07) is 4.96. The molecule has 0 aliphatic rings. The summed E-state index contributed by atoms with van der Waals surface area (Å²) in [5.74, 6) is -1.19. The number of rotatable bonds is 101. The van der Waals surface area contributed by atoms with E-state index in [-0.39, 0.29) is 94.8 Å². The molecular weight excluding hydrogens is 1670 g/mol. The molecule has 19 nitrogen and oxygen atoms in total. The molecule has 0 radical (unpaired) electrons. The Hall–Kier alpha value is -5.14. The third kappa shape index (κ3) is 76.7. The first-order valence-corrected chi connectivity index (χ1v) is 57.6. The van der Waals surface area contributed by atoms with E-state index in [0.717, 1.165) is 438 Å². The first kappa shape index (κ1) is 127. The molecule has 5 atom stereocenters. The minimum absolute atomic E-state index is 0.0416. The van der Waals surface area contributed by atoms with Crippen molar-refractivity contribution >= 4 is 47.6 Å². The number of benzene rings is 1. The Balaban J connectivity index is 3.47. The maximum absolute atomic E-state index is 14.6. The average molecular weight is 1890 g/mol. The van der Waals surface area contributed by atoms with Gasteiger partial charge in [0.25, 0.3) is 17.7 Å². The number of esters is 5. The molecule has 0 spiro atoms. The summed E-state index contributed by atoms with van der Waals surface area (Å²) in [5, 5.41) is 9.64. The molecule has 3 N–H and O–H groups in total. The molecule has 0 saturated heterocycles. The zero-order valence-electron chi connectivity index (χ0n) is 89.4. The number of carbonyl (C=O) groups excluding carboxylic acids is 8. The second-order valence-electron chi connectivity index (χ2n) is 39.9. The highest BCUT2D eigenvalue weighted by atomic mass is 16.6. The third-order valence-electron chi connectivity index (χ3n) is 26.8. The van der Waals surface area contributed by atoms with Gasteiger partial charge in [0.2, 0.25) is 0 Å². The molecular formula is C115H214N6O13. The fraction of sp³-hybridized carbons (Fsp3) is 0.878. The van der Waals surface area contributed by atoms with E-state index < -0.39 is 0 Å². The highest BCUT2D eigenvalue weighted by Crippen LogP contribution is 2.24. The zero-order chi connectivity index (χ0) is 97.9. The van der Waals surface area contributed by atoms with E-state index in [1.165, 1.54) is 57.8 Å². The van der Waals surface area contributed by atoms with Crippen molar-refractivity contribution in [1.82, 2.24) is 30.7 Å². The quantitative estimate of drug-likeness (QED) is 0.0313. The van der Waals surface area contributed by atoms with Crippen molar-refractivity contribution in [3.8, 4) is 0 Å². The molecule has 0 bridgehead atoms. The molecule has 3 amide bonds. The summed E-state index contributed by atoms with van der Waals surface area (Å²) in [5.41, 5.74) is 0.853. The van der Waals surface area contributed by atoms with Crippen LogP contribution < -0.4 is 16.0 Å². The summed E-state index contributed by atoms with van der Waals surface area (Å²) in [6.45, 7) is 33.7. The molecule has 0 aromatic heterocycles. The minimum Gasteiger partial charge on any atom is -0.462 e. The van der Waals surface area contributed by atoms with Crippen LogP contribution in [0.1, 0.15) is 576 Å². The van der Waals surface area contributed by atoms with Crippen molar-refractivity contribution in [2.45, 2.75) is 575 Å². The van der Waals surface area contributed by atoms with Crippen LogP contribution in [0.15, 0.2) is 18.2 Å². The Morgan fingerprint density at radius 3 is 0.522 bits per heavy atom. The van der Waals surface area contributed by atoms with Crippen molar-refractivity contribution in [3.05, 3.63) is 34.9 Å². The first-order valence-electron chi connectivity index (χ1n) is 57.6. The fourth-order valence-corrected chi connectivity index (χ4v) is 18.5. The predicted octanol–water partition coefficient (Wildman–Crippen LogP) is 30.0. The minimum atomic E-state index is -0.315. The van der Waals surface area contributed by atoms with Gasteiger partial charge in [-0.1, -0.05) is 359 Å². The van der Waals surface area contributed by atoms with E-state index in [1.807, 2.05) is 0 Å². The molecule has 0 fully saturated rings. The molecule has 0 aliphatic carbocycles. The molecule has 1 aromatic carbocycles. The second kappa shape index (κ2) is 94.1. The molecule has 0 saturated carbocycles. The Bertz CT molecular complexity index is 2680. The number of unbranched alkanes of at least 4 members (excludes halogenated alkanes) is 39. The van der Waals surface area contributed by atoms with Gasteiger partial charge < -0.3 is 54.3 Å². The highest BCUT2D eigenvalue weighted by molar-refractivity contribution is 6.04. The number of nitrogens with zero attached hydrogens (tertiary/aromatic N) is 3. The van der Waals surface area contributed by atoms with Crippen LogP contribution in [0.5, 0.6) is 0 Å². The van der Waals surface area contributed by atoms with Gasteiger partial charge in [-0.25, -0.2) is 0 Å².